The normalized spacial score (nSPS) is 9.70. The molecule has 0 aromatic heterocycles. The van der Waals surface area contributed by atoms with Crippen molar-refractivity contribution in [2.45, 2.75) is 6.42 Å². The minimum Gasteiger partial charge on any atom is -0.399 e. The highest BCUT2D eigenvalue weighted by Crippen LogP contribution is 2.06. The number of hydrogen-bond donors (Lipinski definition) is 1. The molecule has 0 saturated heterocycles. The predicted molar refractivity (Wildman–Crippen MR) is 48.4 cm³/mol. The van der Waals surface area contributed by atoms with Gasteiger partial charge in [0.05, 0.1) is 0 Å². The highest BCUT2D eigenvalue weighted by molar-refractivity contribution is 9.09. The molecule has 0 atom stereocenters. The zero-order valence-corrected chi connectivity index (χ0v) is 7.26. The van der Waals surface area contributed by atoms with Crippen LogP contribution in [0.3, 0.4) is 0 Å². The number of halogens is 1. The number of rotatable bonds is 2. The van der Waals surface area contributed by atoms with Crippen molar-refractivity contribution in [1.29, 1.82) is 0 Å². The number of alkyl halides is 1. The van der Waals surface area contributed by atoms with E-state index in [0.29, 0.717) is 0 Å². The zero-order chi connectivity index (χ0) is 7.40. The Kier molecular flexibility index (Phi) is 2.75. The summed E-state index contributed by atoms with van der Waals surface area (Å²) in [6, 6.07) is 7.96. The van der Waals surface area contributed by atoms with Gasteiger partial charge in [-0.15, -0.1) is 0 Å². The quantitative estimate of drug-likeness (QED) is 0.574. The fourth-order valence-corrected chi connectivity index (χ4v) is 1.25. The molecule has 0 radical (unpaired) electrons. The van der Waals surface area contributed by atoms with E-state index in [-0.39, 0.29) is 0 Å². The van der Waals surface area contributed by atoms with Crippen LogP contribution in [0.2, 0.25) is 0 Å². The summed E-state index contributed by atoms with van der Waals surface area (Å²) < 4.78 is 0. The first-order chi connectivity index (χ1) is 4.83. The lowest BCUT2D eigenvalue weighted by Gasteiger charge is -1.96. The molecule has 0 aliphatic heterocycles. The van der Waals surface area contributed by atoms with Gasteiger partial charge in [-0.05, 0) is 24.1 Å². The molecular formula is C8H10BrN. The summed E-state index contributed by atoms with van der Waals surface area (Å²) in [4.78, 5) is 0. The van der Waals surface area contributed by atoms with Gasteiger partial charge in [-0.1, -0.05) is 28.1 Å². The van der Waals surface area contributed by atoms with E-state index >= 15 is 0 Å². The smallest absolute Gasteiger partial charge is 0.0314 e. The van der Waals surface area contributed by atoms with Crippen LogP contribution in [0.5, 0.6) is 0 Å². The van der Waals surface area contributed by atoms with Crippen LogP contribution in [0, 0.1) is 0 Å². The molecule has 2 heteroatoms. The van der Waals surface area contributed by atoms with Gasteiger partial charge in [0.25, 0.3) is 0 Å². The van der Waals surface area contributed by atoms with E-state index in [4.69, 9.17) is 5.73 Å². The first-order valence-corrected chi connectivity index (χ1v) is 4.35. The average Bonchev–Trinajstić information content (AvgIpc) is 1.95. The molecule has 0 saturated carbocycles. The Morgan fingerprint density at radius 1 is 1.20 bits per heavy atom. The summed E-state index contributed by atoms with van der Waals surface area (Å²) >= 11 is 3.37. The molecule has 0 spiro atoms. The van der Waals surface area contributed by atoms with Gasteiger partial charge in [-0.25, -0.2) is 0 Å². The van der Waals surface area contributed by atoms with E-state index in [2.05, 4.69) is 28.1 Å². The van der Waals surface area contributed by atoms with Gasteiger partial charge in [0, 0.05) is 11.0 Å². The van der Waals surface area contributed by atoms with E-state index in [1.807, 2.05) is 12.1 Å². The van der Waals surface area contributed by atoms with Gasteiger partial charge in [-0.2, -0.15) is 0 Å². The molecule has 1 aromatic carbocycles. The first-order valence-electron chi connectivity index (χ1n) is 3.23. The van der Waals surface area contributed by atoms with Gasteiger partial charge < -0.3 is 5.73 Å². The lowest BCUT2D eigenvalue weighted by atomic mass is 10.2. The molecule has 1 aromatic rings. The molecule has 54 valence electrons. The van der Waals surface area contributed by atoms with Crippen LogP contribution in [0.25, 0.3) is 0 Å². The summed E-state index contributed by atoms with van der Waals surface area (Å²) in [7, 11) is 0. The second-order valence-electron chi connectivity index (χ2n) is 2.18. The number of nitrogens with two attached hydrogens (primary N) is 1. The predicted octanol–water partition coefficient (Wildman–Crippen LogP) is 2.21. The van der Waals surface area contributed by atoms with Crippen LogP contribution in [0.15, 0.2) is 24.3 Å². The fourth-order valence-electron chi connectivity index (χ4n) is 0.793. The van der Waals surface area contributed by atoms with Crippen molar-refractivity contribution in [3.8, 4) is 0 Å². The van der Waals surface area contributed by atoms with Crippen molar-refractivity contribution in [2.24, 2.45) is 0 Å². The second-order valence-corrected chi connectivity index (χ2v) is 2.97. The third kappa shape index (κ3) is 2.03. The van der Waals surface area contributed by atoms with Crippen molar-refractivity contribution < 1.29 is 0 Å². The van der Waals surface area contributed by atoms with Crippen LogP contribution in [-0.4, -0.2) is 5.33 Å². The summed E-state index contributed by atoms with van der Waals surface area (Å²) in [6.45, 7) is 0. The van der Waals surface area contributed by atoms with Crippen LogP contribution in [-0.2, 0) is 6.42 Å². The van der Waals surface area contributed by atoms with Crippen LogP contribution in [0.1, 0.15) is 5.56 Å². The molecule has 0 amide bonds. The van der Waals surface area contributed by atoms with E-state index < -0.39 is 0 Å². The maximum absolute atomic E-state index is 5.51. The lowest BCUT2D eigenvalue weighted by Crippen LogP contribution is -1.87. The summed E-state index contributed by atoms with van der Waals surface area (Å²) in [5, 5.41) is 1.01. The van der Waals surface area contributed by atoms with Gasteiger partial charge in [-0.3, -0.25) is 0 Å². The lowest BCUT2D eigenvalue weighted by molar-refractivity contribution is 1.17. The third-order valence-electron chi connectivity index (χ3n) is 1.36. The van der Waals surface area contributed by atoms with Crippen molar-refractivity contribution in [2.75, 3.05) is 11.1 Å². The largest absolute Gasteiger partial charge is 0.399 e. The Labute approximate surface area is 69.4 Å². The molecule has 0 aliphatic rings. The fraction of sp³-hybridized carbons (Fsp3) is 0.250. The Morgan fingerprint density at radius 2 is 1.80 bits per heavy atom. The minimum atomic E-state index is 0.832. The Hall–Kier alpha value is -0.500. The maximum atomic E-state index is 5.51. The highest BCUT2D eigenvalue weighted by atomic mass is 79.9. The minimum absolute atomic E-state index is 0.832. The van der Waals surface area contributed by atoms with Gasteiger partial charge in [0.2, 0.25) is 0 Å². The third-order valence-corrected chi connectivity index (χ3v) is 1.76. The Balaban J connectivity index is 2.69. The van der Waals surface area contributed by atoms with Crippen molar-refractivity contribution in [3.05, 3.63) is 29.8 Å². The standard InChI is InChI=1S/C8H10BrN/c9-6-5-7-1-3-8(10)4-2-7/h1-4H,5-6,10H2. The van der Waals surface area contributed by atoms with E-state index in [0.717, 1.165) is 17.4 Å². The van der Waals surface area contributed by atoms with E-state index in [1.54, 1.807) is 0 Å². The molecule has 0 heterocycles. The topological polar surface area (TPSA) is 26.0 Å². The molecule has 10 heavy (non-hydrogen) atoms. The molecule has 0 bridgehead atoms. The number of aryl methyl sites for hydroxylation is 1. The highest BCUT2D eigenvalue weighted by Gasteiger charge is 1.88. The molecule has 0 fully saturated rings. The SMILES string of the molecule is Nc1ccc(CCBr)cc1. The van der Waals surface area contributed by atoms with Gasteiger partial charge in [0.15, 0.2) is 0 Å². The second kappa shape index (κ2) is 3.62. The van der Waals surface area contributed by atoms with Crippen molar-refractivity contribution in [3.63, 3.8) is 0 Å². The number of nitrogen functional groups attached to an aromatic ring is 1. The molecular weight excluding hydrogens is 190 g/mol. The average molecular weight is 200 g/mol. The van der Waals surface area contributed by atoms with E-state index in [9.17, 15) is 0 Å². The molecule has 1 rings (SSSR count). The number of benzene rings is 1. The molecule has 0 unspecified atom stereocenters. The molecule has 2 N–H and O–H groups in total. The van der Waals surface area contributed by atoms with Gasteiger partial charge in [0.1, 0.15) is 0 Å². The monoisotopic (exact) mass is 199 g/mol. The van der Waals surface area contributed by atoms with Crippen molar-refractivity contribution in [1.82, 2.24) is 0 Å². The zero-order valence-electron chi connectivity index (χ0n) is 5.68. The first kappa shape index (κ1) is 7.61. The van der Waals surface area contributed by atoms with Crippen LogP contribution >= 0.6 is 15.9 Å². The van der Waals surface area contributed by atoms with Crippen LogP contribution < -0.4 is 5.73 Å². The maximum Gasteiger partial charge on any atom is 0.0314 e. The number of anilines is 1. The molecule has 0 aliphatic carbocycles. The Bertz CT molecular complexity index is 193. The summed E-state index contributed by atoms with van der Waals surface area (Å²) in [5.74, 6) is 0. The number of hydrogen-bond acceptors (Lipinski definition) is 1. The Morgan fingerprint density at radius 3 is 2.30 bits per heavy atom. The van der Waals surface area contributed by atoms with Crippen molar-refractivity contribution >= 4 is 21.6 Å². The van der Waals surface area contributed by atoms with Crippen LogP contribution in [0.4, 0.5) is 5.69 Å². The van der Waals surface area contributed by atoms with Gasteiger partial charge >= 0.3 is 0 Å². The van der Waals surface area contributed by atoms with E-state index in [1.165, 1.54) is 5.56 Å². The summed E-state index contributed by atoms with van der Waals surface area (Å²) in [6.07, 6.45) is 1.07. The molecule has 1 nitrogen and oxygen atoms in total. The summed E-state index contributed by atoms with van der Waals surface area (Å²) in [5.41, 5.74) is 7.67.